The number of hydrogen-bond donors (Lipinski definition) is 3. The number of halogens is 3. The highest BCUT2D eigenvalue weighted by molar-refractivity contribution is 5.97. The Kier molecular flexibility index (Phi) is 7.84. The number of carbonyl (C=O) groups is 1. The molecule has 3 aromatic rings. The van der Waals surface area contributed by atoms with E-state index in [1.54, 1.807) is 51.7 Å². The van der Waals surface area contributed by atoms with E-state index < -0.39 is 29.0 Å². The monoisotopic (exact) mass is 547 g/mol. The van der Waals surface area contributed by atoms with Crippen molar-refractivity contribution in [2.75, 3.05) is 18.4 Å². The Morgan fingerprint density at radius 1 is 1.23 bits per heavy atom. The highest BCUT2D eigenvalue weighted by atomic mass is 19.4. The summed E-state index contributed by atoms with van der Waals surface area (Å²) in [6.07, 6.45) is -0.287. The first-order valence-electron chi connectivity index (χ1n) is 13.1. The molecule has 0 unspecified atom stereocenters. The maximum absolute atomic E-state index is 14.0. The lowest BCUT2D eigenvalue weighted by Gasteiger charge is -2.34. The van der Waals surface area contributed by atoms with Gasteiger partial charge in [-0.05, 0) is 65.9 Å². The van der Waals surface area contributed by atoms with E-state index in [0.29, 0.717) is 55.2 Å². The average Bonchev–Trinajstić information content (AvgIpc) is 3.25. The van der Waals surface area contributed by atoms with Gasteiger partial charge >= 0.3 is 12.3 Å². The second-order valence-corrected chi connectivity index (χ2v) is 11.7. The number of carbonyl (C=O) groups excluding carboxylic acids is 1. The SMILES string of the molecule is CC(C)(O)CCc1cccc2c(-c3nc(N[C@H]4CCCN(C(=O)OC(C)(C)C)C4)ncc3C(F)(F)F)c[nH]c12. The molecule has 0 spiro atoms. The van der Waals surface area contributed by atoms with Crippen molar-refractivity contribution < 1.29 is 27.8 Å². The van der Waals surface area contributed by atoms with Crippen LogP contribution in [0.1, 0.15) is 65.0 Å². The lowest BCUT2D eigenvalue weighted by molar-refractivity contribution is -0.137. The molecule has 3 N–H and O–H groups in total. The highest BCUT2D eigenvalue weighted by Crippen LogP contribution is 2.39. The molecule has 1 atom stereocenters. The van der Waals surface area contributed by atoms with Crippen LogP contribution in [0.25, 0.3) is 22.2 Å². The largest absolute Gasteiger partial charge is 0.444 e. The van der Waals surface area contributed by atoms with Gasteiger partial charge in [0.1, 0.15) is 11.2 Å². The van der Waals surface area contributed by atoms with Crippen molar-refractivity contribution in [3.8, 4) is 11.3 Å². The normalized spacial score (nSPS) is 16.9. The number of likely N-dealkylation sites (tertiary alicyclic amines) is 1. The van der Waals surface area contributed by atoms with Crippen molar-refractivity contribution in [2.24, 2.45) is 0 Å². The number of aryl methyl sites for hydroxylation is 1. The summed E-state index contributed by atoms with van der Waals surface area (Å²) < 4.78 is 47.6. The van der Waals surface area contributed by atoms with Gasteiger partial charge in [-0.1, -0.05) is 18.2 Å². The molecule has 212 valence electrons. The van der Waals surface area contributed by atoms with Gasteiger partial charge in [-0.25, -0.2) is 14.8 Å². The van der Waals surface area contributed by atoms with E-state index in [9.17, 15) is 23.1 Å². The minimum atomic E-state index is -4.66. The molecule has 8 nitrogen and oxygen atoms in total. The molecule has 1 aliphatic heterocycles. The fraction of sp³-hybridized carbons (Fsp3) is 0.536. The summed E-state index contributed by atoms with van der Waals surface area (Å²) in [4.78, 5) is 25.6. The molecule has 0 saturated carbocycles. The van der Waals surface area contributed by atoms with E-state index in [4.69, 9.17) is 4.74 Å². The van der Waals surface area contributed by atoms with Crippen molar-refractivity contribution in [2.45, 2.75) is 83.7 Å². The Balaban J connectivity index is 1.63. The minimum Gasteiger partial charge on any atom is -0.444 e. The van der Waals surface area contributed by atoms with Gasteiger partial charge in [0.05, 0.1) is 11.3 Å². The molecule has 1 amide bonds. The first-order chi connectivity index (χ1) is 18.1. The molecule has 11 heteroatoms. The van der Waals surface area contributed by atoms with Crippen LogP contribution in [-0.2, 0) is 17.3 Å². The number of H-pyrrole nitrogens is 1. The van der Waals surface area contributed by atoms with Crippen LogP contribution in [-0.4, -0.2) is 61.4 Å². The second kappa shape index (κ2) is 10.7. The van der Waals surface area contributed by atoms with Crippen LogP contribution < -0.4 is 5.32 Å². The summed E-state index contributed by atoms with van der Waals surface area (Å²) in [6, 6.07) is 5.20. The Hall–Kier alpha value is -3.34. The van der Waals surface area contributed by atoms with Crippen molar-refractivity contribution >= 4 is 22.9 Å². The summed E-state index contributed by atoms with van der Waals surface area (Å²) in [5.41, 5.74) is -0.750. The highest BCUT2D eigenvalue weighted by Gasteiger charge is 2.36. The molecule has 1 aromatic carbocycles. The Bertz CT molecular complexity index is 1320. The number of piperidine rings is 1. The third-order valence-electron chi connectivity index (χ3n) is 6.56. The maximum Gasteiger partial charge on any atom is 0.419 e. The topological polar surface area (TPSA) is 103 Å². The predicted molar refractivity (Wildman–Crippen MR) is 143 cm³/mol. The van der Waals surface area contributed by atoms with Crippen molar-refractivity contribution in [3.05, 3.63) is 41.7 Å². The zero-order chi connectivity index (χ0) is 28.6. The number of ether oxygens (including phenoxy) is 1. The van der Waals surface area contributed by atoms with E-state index >= 15 is 0 Å². The fourth-order valence-electron chi connectivity index (χ4n) is 4.70. The van der Waals surface area contributed by atoms with Gasteiger partial charge in [0.15, 0.2) is 0 Å². The van der Waals surface area contributed by atoms with Crippen LogP contribution >= 0.6 is 0 Å². The number of aromatic nitrogens is 3. The van der Waals surface area contributed by atoms with Gasteiger partial charge < -0.3 is 25.0 Å². The number of alkyl halides is 3. The molecular formula is C28H36F3N5O3. The van der Waals surface area contributed by atoms with E-state index in [2.05, 4.69) is 20.3 Å². The Morgan fingerprint density at radius 2 is 1.97 bits per heavy atom. The van der Waals surface area contributed by atoms with Gasteiger partial charge in [0.2, 0.25) is 5.95 Å². The standard InChI is InChI=1S/C28H36F3N5O3/c1-26(2,3)39-25(37)36-13-7-9-18(16-36)34-24-33-15-21(28(29,30)31)23(35-24)20-14-32-22-17(8-6-10-19(20)22)11-12-27(4,5)38/h6,8,10,14-15,18,32,38H,7,9,11-13,16H2,1-5H3,(H,33,34,35)/t18-/m0/s1. The number of rotatable bonds is 6. The first kappa shape index (κ1) is 28.7. The van der Waals surface area contributed by atoms with Crippen LogP contribution in [0.2, 0.25) is 0 Å². The molecule has 1 saturated heterocycles. The van der Waals surface area contributed by atoms with Gasteiger partial charge in [-0.15, -0.1) is 0 Å². The average molecular weight is 548 g/mol. The minimum absolute atomic E-state index is 0.0570. The van der Waals surface area contributed by atoms with E-state index in [1.165, 1.54) is 6.20 Å². The zero-order valence-electron chi connectivity index (χ0n) is 22.9. The number of benzene rings is 1. The van der Waals surface area contributed by atoms with E-state index in [-0.39, 0.29) is 17.7 Å². The third-order valence-corrected chi connectivity index (χ3v) is 6.56. The van der Waals surface area contributed by atoms with Gasteiger partial charge in [0.25, 0.3) is 0 Å². The van der Waals surface area contributed by atoms with Gasteiger partial charge in [-0.3, -0.25) is 0 Å². The van der Waals surface area contributed by atoms with Gasteiger partial charge in [-0.2, -0.15) is 13.2 Å². The third kappa shape index (κ3) is 7.20. The molecule has 2 aromatic heterocycles. The van der Waals surface area contributed by atoms with Crippen LogP contribution in [0, 0.1) is 0 Å². The number of anilines is 1. The predicted octanol–water partition coefficient (Wildman–Crippen LogP) is 6.16. The summed E-state index contributed by atoms with van der Waals surface area (Å²) in [7, 11) is 0. The molecular weight excluding hydrogens is 511 g/mol. The number of nitrogens with one attached hydrogen (secondary N) is 2. The molecule has 39 heavy (non-hydrogen) atoms. The molecule has 3 heterocycles. The Labute approximate surface area is 226 Å². The smallest absolute Gasteiger partial charge is 0.419 e. The first-order valence-corrected chi connectivity index (χ1v) is 13.1. The van der Waals surface area contributed by atoms with E-state index in [1.807, 2.05) is 6.07 Å². The van der Waals surface area contributed by atoms with Crippen LogP contribution in [0.4, 0.5) is 23.9 Å². The van der Waals surface area contributed by atoms with Crippen molar-refractivity contribution in [1.82, 2.24) is 19.9 Å². The van der Waals surface area contributed by atoms with Crippen molar-refractivity contribution in [3.63, 3.8) is 0 Å². The number of hydrogen-bond acceptors (Lipinski definition) is 6. The lowest BCUT2D eigenvalue weighted by Crippen LogP contribution is -2.47. The van der Waals surface area contributed by atoms with Crippen LogP contribution in [0.3, 0.4) is 0 Å². The van der Waals surface area contributed by atoms with Crippen LogP contribution in [0.15, 0.2) is 30.6 Å². The van der Waals surface area contributed by atoms with Gasteiger partial charge in [0, 0.05) is 48.0 Å². The van der Waals surface area contributed by atoms with Crippen LogP contribution in [0.5, 0.6) is 0 Å². The molecule has 0 radical (unpaired) electrons. The summed E-state index contributed by atoms with van der Waals surface area (Å²) >= 11 is 0. The number of fused-ring (bicyclic) bond motifs is 1. The maximum atomic E-state index is 14.0. The summed E-state index contributed by atoms with van der Waals surface area (Å²) in [5, 5.41) is 13.9. The summed E-state index contributed by atoms with van der Waals surface area (Å²) in [5.74, 6) is 0.0570. The zero-order valence-corrected chi connectivity index (χ0v) is 22.9. The molecule has 0 bridgehead atoms. The lowest BCUT2D eigenvalue weighted by atomic mass is 9.96. The number of aromatic amines is 1. The number of nitrogens with zero attached hydrogens (tertiary/aromatic N) is 3. The number of para-hydroxylation sites is 1. The quantitative estimate of drug-likeness (QED) is 0.342. The molecule has 1 aliphatic rings. The Morgan fingerprint density at radius 3 is 2.64 bits per heavy atom. The molecule has 4 rings (SSSR count). The van der Waals surface area contributed by atoms with E-state index in [0.717, 1.165) is 11.8 Å². The second-order valence-electron chi connectivity index (χ2n) is 11.7. The molecule has 0 aliphatic carbocycles. The van der Waals surface area contributed by atoms with Crippen molar-refractivity contribution in [1.29, 1.82) is 0 Å². The fourth-order valence-corrected chi connectivity index (χ4v) is 4.70. The number of aliphatic hydroxyl groups is 1. The molecule has 1 fully saturated rings. The number of amides is 1. The summed E-state index contributed by atoms with van der Waals surface area (Å²) in [6.45, 7) is 9.69.